The fraction of sp³-hybridized carbons (Fsp3) is 0.238. The molecular formula is C21H23N3O2. The maximum Gasteiger partial charge on any atom is 0.321 e. The van der Waals surface area contributed by atoms with E-state index in [0.29, 0.717) is 6.54 Å². The van der Waals surface area contributed by atoms with Gasteiger partial charge in [-0.05, 0) is 23.1 Å². The molecule has 134 valence electrons. The van der Waals surface area contributed by atoms with Gasteiger partial charge in [0.25, 0.3) is 0 Å². The molecule has 1 atom stereocenters. The zero-order chi connectivity index (χ0) is 18.4. The Morgan fingerprint density at radius 3 is 2.23 bits per heavy atom. The Hall–Kier alpha value is -2.92. The molecule has 5 nitrogen and oxygen atoms in total. The van der Waals surface area contributed by atoms with E-state index in [9.17, 15) is 9.59 Å². The summed E-state index contributed by atoms with van der Waals surface area (Å²) in [5.41, 5.74) is 3.39. The molecule has 26 heavy (non-hydrogen) atoms. The zero-order valence-corrected chi connectivity index (χ0v) is 14.8. The minimum atomic E-state index is -0.498. The maximum atomic E-state index is 12.7. The van der Waals surface area contributed by atoms with Crippen LogP contribution >= 0.6 is 0 Å². The number of nitrogens with zero attached hydrogens (tertiary/aromatic N) is 1. The third-order valence-corrected chi connectivity index (χ3v) is 4.58. The van der Waals surface area contributed by atoms with Crippen LogP contribution in [0, 0.1) is 0 Å². The molecule has 2 aromatic rings. The van der Waals surface area contributed by atoms with Crippen LogP contribution in [0.3, 0.4) is 0 Å². The largest absolute Gasteiger partial charge is 0.341 e. The number of hydrogen-bond acceptors (Lipinski definition) is 3. The molecule has 3 rings (SSSR count). The molecule has 0 unspecified atom stereocenters. The third kappa shape index (κ3) is 4.18. The molecule has 0 saturated carbocycles. The van der Waals surface area contributed by atoms with Gasteiger partial charge in [0.2, 0.25) is 5.91 Å². The van der Waals surface area contributed by atoms with Crippen LogP contribution in [0.25, 0.3) is 5.57 Å². The van der Waals surface area contributed by atoms with Crippen molar-refractivity contribution >= 4 is 17.5 Å². The first kappa shape index (κ1) is 17.9. The van der Waals surface area contributed by atoms with Gasteiger partial charge in [-0.15, -0.1) is 0 Å². The van der Waals surface area contributed by atoms with Gasteiger partial charge in [0, 0.05) is 20.1 Å². The molecule has 3 amide bonds. The van der Waals surface area contributed by atoms with Crippen LogP contribution in [0.15, 0.2) is 66.7 Å². The number of amides is 3. The van der Waals surface area contributed by atoms with Crippen molar-refractivity contribution in [3.05, 3.63) is 77.9 Å². The standard InChI is InChI=1S/C21H23N3O2/c1-22-21(26)23-20(25)19(18-10-6-3-7-11-18)24-14-12-17(13-15-24)16-8-4-2-5-9-16/h2-12,19H,13-15H2,1H3,(H2,22,23,25,26)/t19-/m1/s1. The van der Waals surface area contributed by atoms with E-state index in [-0.39, 0.29) is 5.91 Å². The van der Waals surface area contributed by atoms with Gasteiger partial charge in [-0.3, -0.25) is 15.0 Å². The van der Waals surface area contributed by atoms with Gasteiger partial charge in [-0.25, -0.2) is 4.79 Å². The van der Waals surface area contributed by atoms with E-state index in [1.165, 1.54) is 18.2 Å². The monoisotopic (exact) mass is 349 g/mol. The summed E-state index contributed by atoms with van der Waals surface area (Å²) in [5, 5.41) is 4.85. The normalized spacial score (nSPS) is 15.7. The molecule has 5 heteroatoms. The van der Waals surface area contributed by atoms with Gasteiger partial charge in [0.1, 0.15) is 6.04 Å². The number of carbonyl (C=O) groups excluding carboxylic acids is 2. The zero-order valence-electron chi connectivity index (χ0n) is 14.8. The Kier molecular flexibility index (Phi) is 5.81. The highest BCUT2D eigenvalue weighted by atomic mass is 16.2. The number of nitrogens with one attached hydrogen (secondary N) is 2. The molecule has 0 spiro atoms. The van der Waals surface area contributed by atoms with Gasteiger partial charge in [-0.1, -0.05) is 66.7 Å². The molecular weight excluding hydrogens is 326 g/mol. The van der Waals surface area contributed by atoms with Crippen LogP contribution in [0.5, 0.6) is 0 Å². The minimum Gasteiger partial charge on any atom is -0.341 e. The van der Waals surface area contributed by atoms with Crippen molar-refractivity contribution in [2.45, 2.75) is 12.5 Å². The smallest absolute Gasteiger partial charge is 0.321 e. The van der Waals surface area contributed by atoms with Crippen molar-refractivity contribution in [3.63, 3.8) is 0 Å². The van der Waals surface area contributed by atoms with Gasteiger partial charge < -0.3 is 5.32 Å². The lowest BCUT2D eigenvalue weighted by molar-refractivity contribution is -0.125. The summed E-state index contributed by atoms with van der Waals surface area (Å²) in [6.45, 7) is 1.41. The van der Waals surface area contributed by atoms with Crippen molar-refractivity contribution in [1.82, 2.24) is 15.5 Å². The molecule has 0 fully saturated rings. The lowest BCUT2D eigenvalue weighted by Gasteiger charge is -2.33. The lowest BCUT2D eigenvalue weighted by Crippen LogP contribution is -2.46. The third-order valence-electron chi connectivity index (χ3n) is 4.58. The fourth-order valence-corrected chi connectivity index (χ4v) is 3.24. The Bertz CT molecular complexity index is 787. The second-order valence-electron chi connectivity index (χ2n) is 6.22. The van der Waals surface area contributed by atoms with Crippen LogP contribution in [0.4, 0.5) is 4.79 Å². The molecule has 0 aliphatic carbocycles. The molecule has 2 N–H and O–H groups in total. The van der Waals surface area contributed by atoms with Crippen molar-refractivity contribution < 1.29 is 9.59 Å². The second kappa shape index (κ2) is 8.45. The van der Waals surface area contributed by atoms with Crippen LogP contribution in [0.1, 0.15) is 23.6 Å². The van der Waals surface area contributed by atoms with E-state index in [2.05, 4.69) is 33.7 Å². The van der Waals surface area contributed by atoms with E-state index in [1.807, 2.05) is 48.5 Å². The van der Waals surface area contributed by atoms with Crippen molar-refractivity contribution in [2.75, 3.05) is 20.1 Å². The van der Waals surface area contributed by atoms with Gasteiger partial charge in [-0.2, -0.15) is 0 Å². The number of hydrogen-bond donors (Lipinski definition) is 2. The first-order valence-electron chi connectivity index (χ1n) is 8.75. The molecule has 0 radical (unpaired) electrons. The number of rotatable bonds is 4. The summed E-state index contributed by atoms with van der Waals surface area (Å²) < 4.78 is 0. The van der Waals surface area contributed by atoms with Crippen molar-refractivity contribution in [1.29, 1.82) is 0 Å². The predicted octanol–water partition coefficient (Wildman–Crippen LogP) is 2.97. The molecule has 0 aromatic heterocycles. The van der Waals surface area contributed by atoms with Crippen LogP contribution in [-0.4, -0.2) is 37.0 Å². The highest BCUT2D eigenvalue weighted by molar-refractivity contribution is 5.97. The van der Waals surface area contributed by atoms with Gasteiger partial charge in [0.05, 0.1) is 0 Å². The minimum absolute atomic E-state index is 0.313. The van der Waals surface area contributed by atoms with E-state index >= 15 is 0 Å². The fourth-order valence-electron chi connectivity index (χ4n) is 3.24. The summed E-state index contributed by atoms with van der Waals surface area (Å²) in [5.74, 6) is -0.313. The number of urea groups is 1. The van der Waals surface area contributed by atoms with Gasteiger partial charge in [0.15, 0.2) is 0 Å². The number of imide groups is 1. The summed E-state index contributed by atoms with van der Waals surface area (Å²) in [4.78, 5) is 26.4. The van der Waals surface area contributed by atoms with E-state index < -0.39 is 12.1 Å². The molecule has 1 aliphatic heterocycles. The highest BCUT2D eigenvalue weighted by Gasteiger charge is 2.29. The van der Waals surface area contributed by atoms with E-state index in [0.717, 1.165) is 18.5 Å². The molecule has 1 heterocycles. The summed E-state index contributed by atoms with van der Waals surface area (Å²) in [6.07, 6.45) is 3.03. The molecule has 1 aliphatic rings. The van der Waals surface area contributed by atoms with Crippen LogP contribution < -0.4 is 10.6 Å². The Morgan fingerprint density at radius 1 is 1.00 bits per heavy atom. The number of benzene rings is 2. The van der Waals surface area contributed by atoms with Crippen LogP contribution in [0.2, 0.25) is 0 Å². The SMILES string of the molecule is CNC(=O)NC(=O)[C@@H](c1ccccc1)N1CC=C(c2ccccc2)CC1. The van der Waals surface area contributed by atoms with E-state index in [4.69, 9.17) is 0 Å². The van der Waals surface area contributed by atoms with Crippen molar-refractivity contribution in [3.8, 4) is 0 Å². The molecule has 2 aromatic carbocycles. The quantitative estimate of drug-likeness (QED) is 0.892. The average Bonchev–Trinajstić information content (AvgIpc) is 2.70. The van der Waals surface area contributed by atoms with Crippen molar-refractivity contribution in [2.24, 2.45) is 0 Å². The van der Waals surface area contributed by atoms with Crippen LogP contribution in [-0.2, 0) is 4.79 Å². The van der Waals surface area contributed by atoms with Gasteiger partial charge >= 0.3 is 6.03 Å². The Morgan fingerprint density at radius 2 is 1.65 bits per heavy atom. The topological polar surface area (TPSA) is 61.4 Å². The first-order valence-corrected chi connectivity index (χ1v) is 8.75. The number of carbonyl (C=O) groups is 2. The predicted molar refractivity (Wildman–Crippen MR) is 102 cm³/mol. The second-order valence-corrected chi connectivity index (χ2v) is 6.22. The summed E-state index contributed by atoms with van der Waals surface area (Å²) >= 11 is 0. The maximum absolute atomic E-state index is 12.7. The molecule has 0 saturated heterocycles. The summed E-state index contributed by atoms with van der Waals surface area (Å²) in [6, 6.07) is 18.9. The average molecular weight is 349 g/mol. The summed E-state index contributed by atoms with van der Waals surface area (Å²) in [7, 11) is 1.50. The highest BCUT2D eigenvalue weighted by Crippen LogP contribution is 2.28. The van der Waals surface area contributed by atoms with E-state index in [1.54, 1.807) is 0 Å². The first-order chi connectivity index (χ1) is 12.7. The molecule has 0 bridgehead atoms. The Labute approximate surface area is 153 Å². The lowest BCUT2D eigenvalue weighted by atomic mass is 9.96. The Balaban J connectivity index is 1.81.